The van der Waals surface area contributed by atoms with E-state index in [2.05, 4.69) is 6.92 Å². The minimum Gasteiger partial charge on any atom is -0.480 e. The molecule has 0 bridgehead atoms. The highest BCUT2D eigenvalue weighted by molar-refractivity contribution is 5.81. The molecule has 0 saturated heterocycles. The van der Waals surface area contributed by atoms with Crippen LogP contribution in [0.25, 0.3) is 0 Å². The van der Waals surface area contributed by atoms with Gasteiger partial charge in [0.05, 0.1) is 6.07 Å². The third-order valence-electron chi connectivity index (χ3n) is 3.77. The van der Waals surface area contributed by atoms with Crippen LogP contribution in [0.2, 0.25) is 0 Å². The maximum Gasteiger partial charge on any atom is 0.323 e. The number of carboxylic acids is 1. The van der Waals surface area contributed by atoms with Crippen molar-refractivity contribution in [3.63, 3.8) is 0 Å². The Hall–Kier alpha value is -1.61. The van der Waals surface area contributed by atoms with Gasteiger partial charge in [-0.3, -0.25) is 9.59 Å². The SMILES string of the molecule is CCCCCCCCCCCC(=O)N(CC(=O)O)C(C)C#N.N. The number of carboxylic acid groups (broad SMARTS) is 1. The maximum atomic E-state index is 12.0. The first-order valence-electron chi connectivity index (χ1n) is 8.43. The van der Waals surface area contributed by atoms with E-state index in [9.17, 15) is 9.59 Å². The van der Waals surface area contributed by atoms with Gasteiger partial charge in [0.1, 0.15) is 12.6 Å². The Morgan fingerprint density at radius 2 is 1.52 bits per heavy atom. The van der Waals surface area contributed by atoms with E-state index in [0.29, 0.717) is 6.42 Å². The third-order valence-corrected chi connectivity index (χ3v) is 3.77. The summed E-state index contributed by atoms with van der Waals surface area (Å²) in [7, 11) is 0. The van der Waals surface area contributed by atoms with Gasteiger partial charge in [0, 0.05) is 6.42 Å². The summed E-state index contributed by atoms with van der Waals surface area (Å²) in [5.41, 5.74) is 0. The first-order chi connectivity index (χ1) is 10.5. The van der Waals surface area contributed by atoms with Gasteiger partial charge in [0.25, 0.3) is 0 Å². The van der Waals surface area contributed by atoms with E-state index in [0.717, 1.165) is 24.2 Å². The molecule has 0 aliphatic rings. The van der Waals surface area contributed by atoms with Gasteiger partial charge in [0.2, 0.25) is 5.91 Å². The molecule has 0 fully saturated rings. The number of hydrogen-bond donors (Lipinski definition) is 2. The number of hydrogen-bond acceptors (Lipinski definition) is 4. The number of amides is 1. The molecule has 0 saturated carbocycles. The average molecular weight is 327 g/mol. The molecular weight excluding hydrogens is 294 g/mol. The van der Waals surface area contributed by atoms with Gasteiger partial charge in [-0.25, -0.2) is 0 Å². The largest absolute Gasteiger partial charge is 0.480 e. The van der Waals surface area contributed by atoms with Crippen molar-refractivity contribution in [3.8, 4) is 6.07 Å². The molecule has 6 nitrogen and oxygen atoms in total. The van der Waals surface area contributed by atoms with Crippen molar-refractivity contribution in [1.29, 1.82) is 5.26 Å². The lowest BCUT2D eigenvalue weighted by molar-refractivity contribution is -0.145. The van der Waals surface area contributed by atoms with Crippen LogP contribution < -0.4 is 6.15 Å². The normalized spacial score (nSPS) is 11.2. The first kappa shape index (κ1) is 23.7. The molecule has 0 aliphatic carbocycles. The molecule has 0 aromatic heterocycles. The predicted octanol–water partition coefficient (Wildman–Crippen LogP) is 3.89. The van der Waals surface area contributed by atoms with Crippen LogP contribution in [0.5, 0.6) is 0 Å². The van der Waals surface area contributed by atoms with Crippen molar-refractivity contribution >= 4 is 11.9 Å². The highest BCUT2D eigenvalue weighted by Gasteiger charge is 2.21. The fourth-order valence-corrected chi connectivity index (χ4v) is 2.39. The van der Waals surface area contributed by atoms with Crippen LogP contribution in [0.3, 0.4) is 0 Å². The standard InChI is InChI=1S/C17H30N2O3.H3N/c1-3-4-5-6-7-8-9-10-11-12-16(20)19(14-17(21)22)15(2)13-18;/h15H,3-12,14H2,1-2H3,(H,21,22);1H3. The number of nitriles is 1. The summed E-state index contributed by atoms with van der Waals surface area (Å²) >= 11 is 0. The van der Waals surface area contributed by atoms with E-state index in [1.807, 2.05) is 6.07 Å². The Balaban J connectivity index is 0. The molecule has 23 heavy (non-hydrogen) atoms. The third kappa shape index (κ3) is 12.6. The maximum absolute atomic E-state index is 12.0. The summed E-state index contributed by atoms with van der Waals surface area (Å²) in [5.74, 6) is -1.32. The molecule has 134 valence electrons. The molecule has 4 N–H and O–H groups in total. The van der Waals surface area contributed by atoms with Crippen LogP contribution in [-0.4, -0.2) is 34.5 Å². The van der Waals surface area contributed by atoms with Crippen molar-refractivity contribution in [3.05, 3.63) is 0 Å². The molecular formula is C17H33N3O3. The van der Waals surface area contributed by atoms with Gasteiger partial charge in [-0.2, -0.15) is 5.26 Å². The number of rotatable bonds is 13. The number of carbonyl (C=O) groups excluding carboxylic acids is 1. The smallest absolute Gasteiger partial charge is 0.323 e. The zero-order valence-corrected chi connectivity index (χ0v) is 14.7. The van der Waals surface area contributed by atoms with Crippen molar-refractivity contribution in [2.24, 2.45) is 0 Å². The lowest BCUT2D eigenvalue weighted by Gasteiger charge is -2.22. The monoisotopic (exact) mass is 327 g/mol. The van der Waals surface area contributed by atoms with Crippen LogP contribution in [-0.2, 0) is 9.59 Å². The Morgan fingerprint density at radius 1 is 1.04 bits per heavy atom. The molecule has 6 heteroatoms. The van der Waals surface area contributed by atoms with Crippen molar-refractivity contribution < 1.29 is 14.7 Å². The van der Waals surface area contributed by atoms with Gasteiger partial charge >= 0.3 is 5.97 Å². The Morgan fingerprint density at radius 3 is 1.96 bits per heavy atom. The van der Waals surface area contributed by atoms with E-state index >= 15 is 0 Å². The van der Waals surface area contributed by atoms with Crippen molar-refractivity contribution in [2.75, 3.05) is 6.54 Å². The predicted molar refractivity (Wildman–Crippen MR) is 91.3 cm³/mol. The van der Waals surface area contributed by atoms with Crippen LogP contribution in [0.4, 0.5) is 0 Å². The zero-order chi connectivity index (χ0) is 16.8. The van der Waals surface area contributed by atoms with Crippen LogP contribution in [0.1, 0.15) is 78.1 Å². The van der Waals surface area contributed by atoms with Gasteiger partial charge in [-0.1, -0.05) is 58.3 Å². The molecule has 0 radical (unpaired) electrons. The van der Waals surface area contributed by atoms with Gasteiger partial charge in [0.15, 0.2) is 0 Å². The summed E-state index contributed by atoms with van der Waals surface area (Å²) in [5, 5.41) is 17.7. The number of carbonyl (C=O) groups is 2. The minimum atomic E-state index is -1.08. The van der Waals surface area contributed by atoms with E-state index in [1.165, 1.54) is 38.5 Å². The Labute approximate surface area is 140 Å². The molecule has 1 atom stereocenters. The zero-order valence-electron chi connectivity index (χ0n) is 14.7. The van der Waals surface area contributed by atoms with E-state index in [-0.39, 0.29) is 12.1 Å². The van der Waals surface area contributed by atoms with Crippen molar-refractivity contribution in [1.82, 2.24) is 11.1 Å². The summed E-state index contributed by atoms with van der Waals surface area (Å²) in [6, 6.07) is 1.24. The molecule has 0 heterocycles. The lowest BCUT2D eigenvalue weighted by atomic mass is 10.1. The Bertz CT molecular complexity index is 367. The molecule has 0 aromatic carbocycles. The quantitative estimate of drug-likeness (QED) is 0.498. The van der Waals surface area contributed by atoms with Gasteiger partial charge in [-0.15, -0.1) is 0 Å². The average Bonchev–Trinajstić information content (AvgIpc) is 2.49. The summed E-state index contributed by atoms with van der Waals surface area (Å²) in [4.78, 5) is 23.9. The highest BCUT2D eigenvalue weighted by Crippen LogP contribution is 2.12. The summed E-state index contributed by atoms with van der Waals surface area (Å²) in [6.45, 7) is 3.36. The lowest BCUT2D eigenvalue weighted by Crippen LogP contribution is -2.41. The second kappa shape index (κ2) is 15.3. The Kier molecular flexibility index (Phi) is 15.7. The van der Waals surface area contributed by atoms with Crippen LogP contribution in [0.15, 0.2) is 0 Å². The van der Waals surface area contributed by atoms with Crippen molar-refractivity contribution in [2.45, 2.75) is 84.1 Å². The van der Waals surface area contributed by atoms with Gasteiger partial charge in [-0.05, 0) is 13.3 Å². The second-order valence-corrected chi connectivity index (χ2v) is 5.80. The summed E-state index contributed by atoms with van der Waals surface area (Å²) in [6.07, 6.45) is 10.8. The fraction of sp³-hybridized carbons (Fsp3) is 0.824. The topological polar surface area (TPSA) is 116 Å². The fourth-order valence-electron chi connectivity index (χ4n) is 2.39. The molecule has 0 aromatic rings. The van der Waals surface area contributed by atoms with Gasteiger partial charge < -0.3 is 16.2 Å². The second-order valence-electron chi connectivity index (χ2n) is 5.80. The minimum absolute atomic E-state index is 0. The molecule has 1 unspecified atom stereocenters. The first-order valence-corrected chi connectivity index (χ1v) is 8.43. The summed E-state index contributed by atoms with van der Waals surface area (Å²) < 4.78 is 0. The van der Waals surface area contributed by atoms with E-state index < -0.39 is 18.6 Å². The number of unbranched alkanes of at least 4 members (excludes halogenated alkanes) is 8. The van der Waals surface area contributed by atoms with Crippen LogP contribution in [0, 0.1) is 11.3 Å². The molecule has 0 rings (SSSR count). The molecule has 0 aliphatic heterocycles. The molecule has 0 spiro atoms. The highest BCUT2D eigenvalue weighted by atomic mass is 16.4. The molecule has 1 amide bonds. The van der Waals surface area contributed by atoms with E-state index in [4.69, 9.17) is 10.4 Å². The van der Waals surface area contributed by atoms with E-state index in [1.54, 1.807) is 6.92 Å². The number of aliphatic carboxylic acids is 1. The van der Waals surface area contributed by atoms with Crippen LogP contribution >= 0.6 is 0 Å². The number of nitrogens with zero attached hydrogens (tertiary/aromatic N) is 2.